The third-order valence-corrected chi connectivity index (χ3v) is 4.06. The number of rotatable bonds is 8. The molecule has 0 aliphatic rings. The Balaban J connectivity index is 1.93. The van der Waals surface area contributed by atoms with Crippen LogP contribution in [0.1, 0.15) is 11.4 Å². The second-order valence-electron chi connectivity index (χ2n) is 6.34. The molecule has 2 atom stereocenters. The highest BCUT2D eigenvalue weighted by molar-refractivity contribution is 6.04. The van der Waals surface area contributed by atoms with Gasteiger partial charge >= 0.3 is 0 Å². The van der Waals surface area contributed by atoms with Crippen LogP contribution >= 0.6 is 0 Å². The van der Waals surface area contributed by atoms with E-state index in [1.807, 2.05) is 36.4 Å². The van der Waals surface area contributed by atoms with E-state index >= 15 is 0 Å². The fraction of sp³-hybridized carbons (Fsp3) is 0.300. The van der Waals surface area contributed by atoms with Crippen LogP contribution in [-0.4, -0.2) is 81.3 Å². The zero-order valence-electron chi connectivity index (χ0n) is 15.2. The van der Waals surface area contributed by atoms with E-state index < -0.39 is 12.2 Å². The fourth-order valence-corrected chi connectivity index (χ4v) is 2.59. The first-order valence-electron chi connectivity index (χ1n) is 8.88. The van der Waals surface area contributed by atoms with Crippen molar-refractivity contribution in [2.45, 2.75) is 12.2 Å². The number of hydrogen-bond acceptors (Lipinski definition) is 8. The number of pyridine rings is 2. The Labute approximate surface area is 161 Å². The Bertz CT molecular complexity index is 925. The molecule has 3 aromatic rings. The van der Waals surface area contributed by atoms with Gasteiger partial charge in [0.1, 0.15) is 0 Å². The molecule has 0 unspecified atom stereocenters. The molecule has 1 aromatic carbocycles. The monoisotopic (exact) mass is 382 g/mol. The number of fused-ring (bicyclic) bond motifs is 3. The van der Waals surface area contributed by atoms with Crippen LogP contribution in [0.25, 0.3) is 21.8 Å². The van der Waals surface area contributed by atoms with Crippen molar-refractivity contribution < 1.29 is 20.4 Å². The highest BCUT2D eigenvalue weighted by atomic mass is 16.3. The van der Waals surface area contributed by atoms with Gasteiger partial charge in [0.05, 0.1) is 60.9 Å². The molecule has 0 amide bonds. The molecule has 28 heavy (non-hydrogen) atoms. The third kappa shape index (κ3) is 4.93. The maximum Gasteiger partial charge on any atom is 0.0972 e. The Morgan fingerprint density at radius 3 is 1.50 bits per heavy atom. The summed E-state index contributed by atoms with van der Waals surface area (Å²) in [6.07, 6.45) is 1.34. The molecular weight excluding hydrogens is 360 g/mol. The van der Waals surface area contributed by atoms with Gasteiger partial charge in [0, 0.05) is 23.2 Å². The predicted octanol–water partition coefficient (Wildman–Crippen LogP) is 0.327. The van der Waals surface area contributed by atoms with Gasteiger partial charge < -0.3 is 20.4 Å². The van der Waals surface area contributed by atoms with Crippen LogP contribution in [0.2, 0.25) is 0 Å². The smallest absolute Gasteiger partial charge is 0.0972 e. The highest BCUT2D eigenvalue weighted by Crippen LogP contribution is 2.22. The zero-order valence-corrected chi connectivity index (χ0v) is 15.2. The molecule has 4 N–H and O–H groups in total. The fourth-order valence-electron chi connectivity index (χ4n) is 2.59. The van der Waals surface area contributed by atoms with E-state index in [1.165, 1.54) is 0 Å². The first-order valence-corrected chi connectivity index (χ1v) is 8.88. The minimum Gasteiger partial charge on any atom is -0.394 e. The van der Waals surface area contributed by atoms with Crippen LogP contribution < -0.4 is 0 Å². The lowest BCUT2D eigenvalue weighted by Gasteiger charge is -2.05. The van der Waals surface area contributed by atoms with Crippen molar-refractivity contribution in [3.8, 4) is 0 Å². The van der Waals surface area contributed by atoms with Crippen molar-refractivity contribution in [3.63, 3.8) is 0 Å². The molecule has 0 fully saturated rings. The van der Waals surface area contributed by atoms with E-state index in [4.69, 9.17) is 10.2 Å². The number of aromatic nitrogens is 2. The molecule has 0 aliphatic carbocycles. The maximum atomic E-state index is 9.36. The normalized spacial score (nSPS) is 14.4. The molecule has 8 nitrogen and oxygen atoms in total. The summed E-state index contributed by atoms with van der Waals surface area (Å²) in [7, 11) is 0. The minimum atomic E-state index is -0.884. The summed E-state index contributed by atoms with van der Waals surface area (Å²) in [5.41, 5.74) is 2.68. The van der Waals surface area contributed by atoms with E-state index in [2.05, 4.69) is 20.0 Å². The summed E-state index contributed by atoms with van der Waals surface area (Å²) in [5.74, 6) is 0. The zero-order chi connectivity index (χ0) is 19.9. The van der Waals surface area contributed by atoms with E-state index in [0.29, 0.717) is 11.4 Å². The molecule has 8 heteroatoms. The number of benzene rings is 1. The number of aliphatic hydroxyl groups excluding tert-OH is 4. The number of aliphatic hydroxyl groups is 4. The first-order chi connectivity index (χ1) is 13.6. The molecule has 3 rings (SSSR count). The van der Waals surface area contributed by atoms with Crippen molar-refractivity contribution >= 4 is 34.2 Å². The Kier molecular flexibility index (Phi) is 6.72. The van der Waals surface area contributed by atoms with E-state index in [9.17, 15) is 10.2 Å². The lowest BCUT2D eigenvalue weighted by atomic mass is 10.1. The average Bonchev–Trinajstić information content (AvgIpc) is 2.73. The van der Waals surface area contributed by atoms with Gasteiger partial charge in [-0.2, -0.15) is 0 Å². The van der Waals surface area contributed by atoms with Crippen LogP contribution in [0.15, 0.2) is 46.4 Å². The van der Waals surface area contributed by atoms with Crippen molar-refractivity contribution in [3.05, 3.63) is 47.8 Å². The molecule has 0 bridgehead atoms. The minimum absolute atomic E-state index is 0.101. The summed E-state index contributed by atoms with van der Waals surface area (Å²) in [6.45, 7) is -0.470. The van der Waals surface area contributed by atoms with Crippen LogP contribution in [0, 0.1) is 0 Å². The standard InChI is InChI=1S/C20H22N4O4/c25-11-17(27)9-21-7-15-5-3-13-1-2-14-4-6-16(8-22-10-18(28)12-26)24-20(14)19(13)23-15/h1-8,17-18,25-28H,9-12H2/t17-,18-/m0/s1. The van der Waals surface area contributed by atoms with Crippen LogP contribution in [0.5, 0.6) is 0 Å². The summed E-state index contributed by atoms with van der Waals surface area (Å²) in [4.78, 5) is 17.4. The predicted molar refractivity (Wildman–Crippen MR) is 108 cm³/mol. The topological polar surface area (TPSA) is 131 Å². The quantitative estimate of drug-likeness (QED) is 0.328. The summed E-state index contributed by atoms with van der Waals surface area (Å²) in [5, 5.41) is 38.3. The van der Waals surface area contributed by atoms with Gasteiger partial charge in [0.2, 0.25) is 0 Å². The molecule has 2 aromatic heterocycles. The number of aliphatic imine (C=N–C) groups is 2. The maximum absolute atomic E-state index is 9.36. The Morgan fingerprint density at radius 1 is 0.714 bits per heavy atom. The average molecular weight is 382 g/mol. The second kappa shape index (κ2) is 9.43. The molecule has 0 saturated heterocycles. The van der Waals surface area contributed by atoms with E-state index in [0.717, 1.165) is 21.8 Å². The molecule has 0 spiro atoms. The van der Waals surface area contributed by atoms with Gasteiger partial charge in [0.15, 0.2) is 0 Å². The molecule has 0 saturated carbocycles. The van der Waals surface area contributed by atoms with Gasteiger partial charge in [-0.05, 0) is 12.1 Å². The molecule has 146 valence electrons. The highest BCUT2D eigenvalue weighted by Gasteiger charge is 2.06. The molecule has 2 heterocycles. The summed E-state index contributed by atoms with van der Waals surface area (Å²) in [6, 6.07) is 11.4. The SMILES string of the molecule is OC[C@@H](O)CN=Cc1ccc2ccc3ccc(C=NC[C@H](O)CO)nc3c2n1. The van der Waals surface area contributed by atoms with Gasteiger partial charge in [-0.15, -0.1) is 0 Å². The van der Waals surface area contributed by atoms with Crippen LogP contribution in [-0.2, 0) is 0 Å². The number of hydrogen-bond donors (Lipinski definition) is 4. The van der Waals surface area contributed by atoms with Crippen molar-refractivity contribution in [2.75, 3.05) is 26.3 Å². The second-order valence-corrected chi connectivity index (χ2v) is 6.34. The third-order valence-electron chi connectivity index (χ3n) is 4.06. The van der Waals surface area contributed by atoms with E-state index in [1.54, 1.807) is 12.4 Å². The largest absolute Gasteiger partial charge is 0.394 e. The van der Waals surface area contributed by atoms with Crippen molar-refractivity contribution in [1.82, 2.24) is 9.97 Å². The summed E-state index contributed by atoms with van der Waals surface area (Å²) < 4.78 is 0. The van der Waals surface area contributed by atoms with Gasteiger partial charge in [-0.1, -0.05) is 24.3 Å². The Morgan fingerprint density at radius 2 is 1.11 bits per heavy atom. The first kappa shape index (κ1) is 20.0. The van der Waals surface area contributed by atoms with Crippen LogP contribution in [0.3, 0.4) is 0 Å². The van der Waals surface area contributed by atoms with Crippen LogP contribution in [0.4, 0.5) is 0 Å². The van der Waals surface area contributed by atoms with Gasteiger partial charge in [-0.25, -0.2) is 9.97 Å². The Hall–Kier alpha value is -2.78. The van der Waals surface area contributed by atoms with Crippen molar-refractivity contribution in [1.29, 1.82) is 0 Å². The van der Waals surface area contributed by atoms with Gasteiger partial charge in [-0.3, -0.25) is 9.98 Å². The summed E-state index contributed by atoms with van der Waals surface area (Å²) >= 11 is 0. The lowest BCUT2D eigenvalue weighted by molar-refractivity contribution is 0.102. The molecular formula is C20H22N4O4. The number of nitrogens with zero attached hydrogens (tertiary/aromatic N) is 4. The van der Waals surface area contributed by atoms with Crippen molar-refractivity contribution in [2.24, 2.45) is 9.98 Å². The molecule has 0 radical (unpaired) electrons. The van der Waals surface area contributed by atoms with Gasteiger partial charge in [0.25, 0.3) is 0 Å². The molecule has 0 aliphatic heterocycles. The van der Waals surface area contributed by atoms with E-state index in [-0.39, 0.29) is 26.3 Å². The lowest BCUT2D eigenvalue weighted by Crippen LogP contribution is -2.15.